The third-order valence-corrected chi connectivity index (χ3v) is 8.89. The lowest BCUT2D eigenvalue weighted by atomic mass is 10.0. The molecule has 214 valence electrons. The maximum absolute atomic E-state index is 13.6. The Labute approximate surface area is 225 Å². The fourth-order valence-electron chi connectivity index (χ4n) is 4.88. The summed E-state index contributed by atoms with van der Waals surface area (Å²) in [6, 6.07) is -1.67. The standard InChI is InChI=1S/C26H42N4O7S/c1-17(2)38(35,36)29-23(33)26-16-18(26)12-9-7-6-8-10-13-19(27-24(34)37-25(3,4)5)22(32)30-15-11-14-20(30)21(31)28-26/h9,12,17-20H,6-8,10-11,13-16H2,1-5H3,(H,27,34)(H,28,31)(H,29,33)/b12-9-/t18-,19-,20-,26+/m0/s1. The number of ether oxygens (including phenoxy) is 1. The molecule has 0 spiro atoms. The van der Waals surface area contributed by atoms with Crippen molar-refractivity contribution in [2.24, 2.45) is 5.92 Å². The Hall–Kier alpha value is -2.63. The van der Waals surface area contributed by atoms with E-state index in [1.165, 1.54) is 18.7 Å². The van der Waals surface area contributed by atoms with Crippen LogP contribution in [-0.4, -0.2) is 72.2 Å². The summed E-state index contributed by atoms with van der Waals surface area (Å²) in [5.74, 6) is -1.98. The molecular formula is C26H42N4O7S. The number of sulfonamides is 1. The molecule has 11 nitrogen and oxygen atoms in total. The van der Waals surface area contributed by atoms with E-state index in [0.29, 0.717) is 32.2 Å². The van der Waals surface area contributed by atoms with Crippen LogP contribution in [0.2, 0.25) is 0 Å². The Morgan fingerprint density at radius 2 is 1.84 bits per heavy atom. The maximum atomic E-state index is 13.6. The molecule has 0 unspecified atom stereocenters. The number of carbonyl (C=O) groups excluding carboxylic acids is 4. The molecule has 4 atom stereocenters. The number of nitrogens with zero attached hydrogens (tertiary/aromatic N) is 1. The first kappa shape index (κ1) is 29.9. The molecule has 0 radical (unpaired) electrons. The largest absolute Gasteiger partial charge is 0.444 e. The highest BCUT2D eigenvalue weighted by atomic mass is 32.2. The second-order valence-corrected chi connectivity index (χ2v) is 14.0. The van der Waals surface area contributed by atoms with Crippen LogP contribution in [0.4, 0.5) is 4.79 Å². The predicted molar refractivity (Wildman–Crippen MR) is 141 cm³/mol. The first-order chi connectivity index (χ1) is 17.7. The molecule has 1 aliphatic carbocycles. The zero-order valence-electron chi connectivity index (χ0n) is 23.0. The van der Waals surface area contributed by atoms with E-state index in [9.17, 15) is 27.6 Å². The lowest BCUT2D eigenvalue weighted by molar-refractivity contribution is -0.141. The molecule has 2 fully saturated rings. The van der Waals surface area contributed by atoms with E-state index in [4.69, 9.17) is 4.74 Å². The summed E-state index contributed by atoms with van der Waals surface area (Å²) in [6.07, 6.45) is 7.91. The Morgan fingerprint density at radius 3 is 2.50 bits per heavy atom. The average molecular weight is 555 g/mol. The fourth-order valence-corrected chi connectivity index (χ4v) is 5.56. The summed E-state index contributed by atoms with van der Waals surface area (Å²) < 4.78 is 32.3. The Morgan fingerprint density at radius 1 is 1.13 bits per heavy atom. The molecule has 4 amide bonds. The normalized spacial score (nSPS) is 29.7. The van der Waals surface area contributed by atoms with E-state index in [0.717, 1.165) is 19.3 Å². The minimum atomic E-state index is -3.89. The molecule has 1 saturated carbocycles. The number of rotatable bonds is 4. The van der Waals surface area contributed by atoms with Crippen LogP contribution in [0.5, 0.6) is 0 Å². The molecule has 3 rings (SSSR count). The Bertz CT molecular complexity index is 1070. The number of nitrogens with one attached hydrogen (secondary N) is 3. The lowest BCUT2D eigenvalue weighted by Crippen LogP contribution is -2.58. The number of alkyl carbamates (subject to hydrolysis) is 1. The van der Waals surface area contributed by atoms with Gasteiger partial charge in [0.05, 0.1) is 5.25 Å². The van der Waals surface area contributed by atoms with Crippen molar-refractivity contribution in [2.75, 3.05) is 6.54 Å². The molecule has 3 N–H and O–H groups in total. The highest BCUT2D eigenvalue weighted by Crippen LogP contribution is 2.45. The quantitative estimate of drug-likeness (QED) is 0.450. The van der Waals surface area contributed by atoms with Gasteiger partial charge in [-0.15, -0.1) is 0 Å². The number of fused-ring (bicyclic) bond motifs is 2. The smallest absolute Gasteiger partial charge is 0.408 e. The van der Waals surface area contributed by atoms with Gasteiger partial charge in [-0.3, -0.25) is 19.1 Å². The predicted octanol–water partition coefficient (Wildman–Crippen LogP) is 2.12. The molecule has 38 heavy (non-hydrogen) atoms. The van der Waals surface area contributed by atoms with Crippen LogP contribution in [0.15, 0.2) is 12.2 Å². The van der Waals surface area contributed by atoms with Crippen LogP contribution in [0.1, 0.15) is 86.0 Å². The lowest BCUT2D eigenvalue weighted by Gasteiger charge is -2.30. The van der Waals surface area contributed by atoms with Gasteiger partial charge >= 0.3 is 6.09 Å². The third-order valence-electron chi connectivity index (χ3n) is 7.18. The van der Waals surface area contributed by atoms with Crippen LogP contribution >= 0.6 is 0 Å². The van der Waals surface area contributed by atoms with E-state index in [2.05, 4.69) is 15.4 Å². The van der Waals surface area contributed by atoms with Gasteiger partial charge in [0, 0.05) is 12.5 Å². The van der Waals surface area contributed by atoms with Gasteiger partial charge < -0.3 is 20.3 Å². The van der Waals surface area contributed by atoms with Gasteiger partial charge in [0.15, 0.2) is 0 Å². The van der Waals surface area contributed by atoms with Crippen LogP contribution in [0.3, 0.4) is 0 Å². The third kappa shape index (κ3) is 7.27. The van der Waals surface area contributed by atoms with Gasteiger partial charge in [-0.05, 0) is 73.1 Å². The van der Waals surface area contributed by atoms with E-state index < -0.39 is 56.4 Å². The van der Waals surface area contributed by atoms with Gasteiger partial charge in [-0.25, -0.2) is 13.2 Å². The van der Waals surface area contributed by atoms with Crippen molar-refractivity contribution in [3.63, 3.8) is 0 Å². The second kappa shape index (κ2) is 11.6. The molecular weight excluding hydrogens is 512 g/mol. The molecule has 12 heteroatoms. The minimum Gasteiger partial charge on any atom is -0.444 e. The zero-order chi connectivity index (χ0) is 28.3. The molecule has 2 heterocycles. The van der Waals surface area contributed by atoms with Crippen molar-refractivity contribution in [1.82, 2.24) is 20.3 Å². The van der Waals surface area contributed by atoms with Gasteiger partial charge in [-0.1, -0.05) is 25.0 Å². The number of allylic oxidation sites excluding steroid dienone is 1. The number of amides is 4. The first-order valence-corrected chi connectivity index (χ1v) is 15.1. The molecule has 2 aliphatic heterocycles. The van der Waals surface area contributed by atoms with Crippen molar-refractivity contribution in [2.45, 2.75) is 114 Å². The van der Waals surface area contributed by atoms with E-state index in [1.807, 2.05) is 12.2 Å². The monoisotopic (exact) mass is 554 g/mol. The van der Waals surface area contributed by atoms with Crippen molar-refractivity contribution in [3.8, 4) is 0 Å². The molecule has 0 aromatic heterocycles. The molecule has 0 aromatic rings. The second-order valence-electron chi connectivity index (χ2n) is 11.8. The highest BCUT2D eigenvalue weighted by Gasteiger charge is 2.61. The van der Waals surface area contributed by atoms with Crippen molar-refractivity contribution in [1.29, 1.82) is 0 Å². The first-order valence-electron chi connectivity index (χ1n) is 13.5. The molecule has 1 saturated heterocycles. The summed E-state index contributed by atoms with van der Waals surface area (Å²) in [6.45, 7) is 8.49. The number of hydrogen-bond acceptors (Lipinski definition) is 7. The van der Waals surface area contributed by atoms with Crippen LogP contribution in [0.25, 0.3) is 0 Å². The van der Waals surface area contributed by atoms with Crippen molar-refractivity contribution < 1.29 is 32.3 Å². The molecule has 3 aliphatic rings. The zero-order valence-corrected chi connectivity index (χ0v) is 23.9. The van der Waals surface area contributed by atoms with Gasteiger partial charge in [0.2, 0.25) is 21.8 Å². The number of hydrogen-bond donors (Lipinski definition) is 3. The van der Waals surface area contributed by atoms with Gasteiger partial charge in [0.25, 0.3) is 5.91 Å². The van der Waals surface area contributed by atoms with Gasteiger partial charge in [0.1, 0.15) is 23.2 Å². The Balaban J connectivity index is 1.84. The summed E-state index contributed by atoms with van der Waals surface area (Å²) >= 11 is 0. The van der Waals surface area contributed by atoms with E-state index in [-0.39, 0.29) is 18.2 Å². The Kier molecular flexibility index (Phi) is 9.16. The fraction of sp³-hybridized carbons (Fsp3) is 0.769. The van der Waals surface area contributed by atoms with Crippen LogP contribution in [0, 0.1) is 5.92 Å². The van der Waals surface area contributed by atoms with Crippen LogP contribution < -0.4 is 15.4 Å². The average Bonchev–Trinajstić information content (AvgIpc) is 3.26. The highest BCUT2D eigenvalue weighted by molar-refractivity contribution is 7.90. The molecule has 0 aromatic carbocycles. The maximum Gasteiger partial charge on any atom is 0.408 e. The van der Waals surface area contributed by atoms with E-state index in [1.54, 1.807) is 20.8 Å². The van der Waals surface area contributed by atoms with Crippen molar-refractivity contribution >= 4 is 33.8 Å². The van der Waals surface area contributed by atoms with Crippen LogP contribution in [-0.2, 0) is 29.1 Å². The summed E-state index contributed by atoms with van der Waals surface area (Å²) in [5, 5.41) is 4.69. The summed E-state index contributed by atoms with van der Waals surface area (Å²) in [4.78, 5) is 54.2. The number of carbonyl (C=O) groups is 4. The molecule has 0 bridgehead atoms. The topological polar surface area (TPSA) is 151 Å². The minimum absolute atomic E-state index is 0.276. The van der Waals surface area contributed by atoms with Gasteiger partial charge in [-0.2, -0.15) is 0 Å². The van der Waals surface area contributed by atoms with Crippen molar-refractivity contribution in [3.05, 3.63) is 12.2 Å². The summed E-state index contributed by atoms with van der Waals surface area (Å²) in [7, 11) is -3.89. The SMILES string of the molecule is CC(C)S(=O)(=O)NC(=O)[C@@]12C[C@@H]1/C=C\CCCCC[C@H](NC(=O)OC(C)(C)C)C(=O)N1CCC[C@H]1C(=O)N2. The summed E-state index contributed by atoms with van der Waals surface area (Å²) in [5.41, 5.74) is -2.12. The van der Waals surface area contributed by atoms with E-state index >= 15 is 0 Å².